The third-order valence-electron chi connectivity index (χ3n) is 4.38. The molecule has 5 nitrogen and oxygen atoms in total. The molecular weight excluding hydrogens is 350 g/mol. The van der Waals surface area contributed by atoms with E-state index in [1.807, 2.05) is 60.1 Å². The Morgan fingerprint density at radius 3 is 2.81 bits per heavy atom. The monoisotopic (exact) mass is 367 g/mol. The van der Waals surface area contributed by atoms with Crippen molar-refractivity contribution in [3.05, 3.63) is 82.1 Å². The predicted octanol–water partition coefficient (Wildman–Crippen LogP) is 4.37. The molecular formula is C20H18ClN3O2. The molecule has 1 aliphatic rings. The molecule has 0 aliphatic carbocycles. The van der Waals surface area contributed by atoms with Crippen molar-refractivity contribution < 1.29 is 9.53 Å². The Kier molecular flexibility index (Phi) is 4.49. The number of benzene rings is 2. The normalized spacial score (nSPS) is 16.2. The van der Waals surface area contributed by atoms with Gasteiger partial charge in [-0.25, -0.2) is 0 Å². The summed E-state index contributed by atoms with van der Waals surface area (Å²) in [6.45, 7) is 2.96. The largest absolute Gasteiger partial charge is 0.365 e. The quantitative estimate of drug-likeness (QED) is 0.747. The van der Waals surface area contributed by atoms with Crippen LogP contribution in [-0.4, -0.2) is 15.7 Å². The molecule has 0 radical (unpaired) electrons. The number of aryl methyl sites for hydroxylation is 1. The molecule has 132 valence electrons. The predicted molar refractivity (Wildman–Crippen MR) is 100 cm³/mol. The zero-order valence-corrected chi connectivity index (χ0v) is 15.0. The Bertz CT molecular complexity index is 950. The zero-order chi connectivity index (χ0) is 18.1. The lowest BCUT2D eigenvalue weighted by molar-refractivity contribution is -0.00118. The summed E-state index contributed by atoms with van der Waals surface area (Å²) < 4.78 is 7.76. The molecule has 2 aromatic carbocycles. The number of nitrogens with zero attached hydrogens (tertiary/aromatic N) is 2. The zero-order valence-electron chi connectivity index (χ0n) is 14.3. The second-order valence-corrected chi connectivity index (χ2v) is 6.81. The molecule has 1 atom stereocenters. The first kappa shape index (κ1) is 16.8. The minimum absolute atomic E-state index is 0.104. The fourth-order valence-corrected chi connectivity index (χ4v) is 3.16. The van der Waals surface area contributed by atoms with Gasteiger partial charge in [0.1, 0.15) is 6.10 Å². The Hall–Kier alpha value is -2.63. The van der Waals surface area contributed by atoms with Crippen LogP contribution in [0.3, 0.4) is 0 Å². The molecule has 6 heteroatoms. The molecule has 1 aromatic heterocycles. The van der Waals surface area contributed by atoms with Crippen LogP contribution in [0, 0.1) is 6.92 Å². The highest BCUT2D eigenvalue weighted by atomic mass is 35.5. The fraction of sp³-hybridized carbons (Fsp3) is 0.200. The minimum Gasteiger partial charge on any atom is -0.365 e. The number of rotatable bonds is 3. The molecule has 0 saturated carbocycles. The Labute approximate surface area is 156 Å². The lowest BCUT2D eigenvalue weighted by Crippen LogP contribution is -2.22. The summed E-state index contributed by atoms with van der Waals surface area (Å²) in [6, 6.07) is 17.1. The number of ether oxygens (including phenoxy) is 1. The number of hydrogen-bond acceptors (Lipinski definition) is 3. The van der Waals surface area contributed by atoms with Gasteiger partial charge in [0.15, 0.2) is 5.69 Å². The van der Waals surface area contributed by atoms with E-state index in [1.165, 1.54) is 0 Å². The van der Waals surface area contributed by atoms with Gasteiger partial charge >= 0.3 is 0 Å². The molecule has 2 heterocycles. The van der Waals surface area contributed by atoms with Crippen molar-refractivity contribution in [2.75, 3.05) is 5.32 Å². The van der Waals surface area contributed by atoms with E-state index < -0.39 is 0 Å². The maximum Gasteiger partial charge on any atom is 0.276 e. The van der Waals surface area contributed by atoms with Crippen LogP contribution in [0.1, 0.15) is 33.4 Å². The van der Waals surface area contributed by atoms with E-state index in [4.69, 9.17) is 16.3 Å². The summed E-state index contributed by atoms with van der Waals surface area (Å²) in [7, 11) is 0. The van der Waals surface area contributed by atoms with Crippen molar-refractivity contribution in [1.82, 2.24) is 9.78 Å². The van der Waals surface area contributed by atoms with Crippen molar-refractivity contribution in [2.45, 2.75) is 26.2 Å². The van der Waals surface area contributed by atoms with Crippen LogP contribution in [0.2, 0.25) is 5.02 Å². The summed E-state index contributed by atoms with van der Waals surface area (Å²) in [5.74, 6) is -0.222. The second kappa shape index (κ2) is 6.94. The summed E-state index contributed by atoms with van der Waals surface area (Å²) >= 11 is 5.94. The van der Waals surface area contributed by atoms with Crippen LogP contribution < -0.4 is 5.32 Å². The van der Waals surface area contributed by atoms with Gasteiger partial charge < -0.3 is 10.1 Å². The molecule has 4 rings (SSSR count). The van der Waals surface area contributed by atoms with Gasteiger partial charge in [-0.05, 0) is 48.4 Å². The highest BCUT2D eigenvalue weighted by molar-refractivity contribution is 6.30. The smallest absolute Gasteiger partial charge is 0.276 e. The van der Waals surface area contributed by atoms with E-state index in [-0.39, 0.29) is 12.0 Å². The van der Waals surface area contributed by atoms with Gasteiger partial charge in [0.05, 0.1) is 18.8 Å². The van der Waals surface area contributed by atoms with E-state index in [1.54, 1.807) is 6.07 Å². The van der Waals surface area contributed by atoms with E-state index in [0.717, 1.165) is 22.5 Å². The molecule has 1 unspecified atom stereocenters. The number of fused-ring (bicyclic) bond motifs is 1. The summed E-state index contributed by atoms with van der Waals surface area (Å²) in [5, 5.41) is 8.04. The van der Waals surface area contributed by atoms with E-state index >= 15 is 0 Å². The van der Waals surface area contributed by atoms with Gasteiger partial charge in [0.2, 0.25) is 0 Å². The number of hydrogen-bond donors (Lipinski definition) is 1. The van der Waals surface area contributed by atoms with E-state index in [0.29, 0.717) is 23.9 Å². The highest BCUT2D eigenvalue weighted by Gasteiger charge is 2.24. The third-order valence-corrected chi connectivity index (χ3v) is 4.64. The van der Waals surface area contributed by atoms with Crippen LogP contribution >= 0.6 is 11.6 Å². The topological polar surface area (TPSA) is 56.2 Å². The molecule has 3 aromatic rings. The molecule has 1 aliphatic heterocycles. The highest BCUT2D eigenvalue weighted by Crippen LogP contribution is 2.27. The van der Waals surface area contributed by atoms with Crippen molar-refractivity contribution >= 4 is 23.2 Å². The number of nitrogens with one attached hydrogen (secondary N) is 1. The van der Waals surface area contributed by atoms with Crippen molar-refractivity contribution in [3.8, 4) is 0 Å². The lowest BCUT2D eigenvalue weighted by Gasteiger charge is -2.24. The Morgan fingerprint density at radius 1 is 1.23 bits per heavy atom. The average molecular weight is 368 g/mol. The SMILES string of the molecule is Cc1cccc(NC(=O)c2cc3n(n2)CC(c2ccc(Cl)cc2)OC3)c1. The summed E-state index contributed by atoms with van der Waals surface area (Å²) in [5.41, 5.74) is 4.18. The van der Waals surface area contributed by atoms with Gasteiger partial charge in [-0.3, -0.25) is 9.48 Å². The lowest BCUT2D eigenvalue weighted by atomic mass is 10.1. The third kappa shape index (κ3) is 3.49. The van der Waals surface area contributed by atoms with Crippen LogP contribution in [0.15, 0.2) is 54.6 Å². The molecule has 0 fully saturated rings. The minimum atomic E-state index is -0.222. The number of halogens is 1. The van der Waals surface area contributed by atoms with Crippen molar-refractivity contribution in [2.24, 2.45) is 0 Å². The summed E-state index contributed by atoms with van der Waals surface area (Å²) in [6.07, 6.45) is -0.104. The van der Waals surface area contributed by atoms with Gasteiger partial charge in [0, 0.05) is 10.7 Å². The molecule has 26 heavy (non-hydrogen) atoms. The van der Waals surface area contributed by atoms with Gasteiger partial charge in [0.25, 0.3) is 5.91 Å². The molecule has 1 N–H and O–H groups in total. The number of anilines is 1. The van der Waals surface area contributed by atoms with Crippen molar-refractivity contribution in [1.29, 1.82) is 0 Å². The maximum absolute atomic E-state index is 12.5. The summed E-state index contributed by atoms with van der Waals surface area (Å²) in [4.78, 5) is 12.5. The van der Waals surface area contributed by atoms with Crippen molar-refractivity contribution in [3.63, 3.8) is 0 Å². The van der Waals surface area contributed by atoms with Gasteiger partial charge in [-0.2, -0.15) is 5.10 Å². The van der Waals surface area contributed by atoms with E-state index in [9.17, 15) is 4.79 Å². The molecule has 1 amide bonds. The van der Waals surface area contributed by atoms with Crippen LogP contribution in [0.25, 0.3) is 0 Å². The second-order valence-electron chi connectivity index (χ2n) is 6.38. The van der Waals surface area contributed by atoms with E-state index in [2.05, 4.69) is 10.4 Å². The standard InChI is InChI=1S/C20H18ClN3O2/c1-13-3-2-4-16(9-13)22-20(25)18-10-17-12-26-19(11-24(17)23-18)14-5-7-15(21)8-6-14/h2-10,19H,11-12H2,1H3,(H,22,25). The average Bonchev–Trinajstić information content (AvgIpc) is 3.06. The van der Waals surface area contributed by atoms with Gasteiger partial charge in [-0.1, -0.05) is 35.9 Å². The number of aromatic nitrogens is 2. The number of carbonyl (C=O) groups is 1. The van der Waals surface area contributed by atoms with Crippen LogP contribution in [0.5, 0.6) is 0 Å². The Morgan fingerprint density at radius 2 is 2.04 bits per heavy atom. The molecule has 0 bridgehead atoms. The maximum atomic E-state index is 12.5. The Balaban J connectivity index is 1.50. The van der Waals surface area contributed by atoms with Gasteiger partial charge in [-0.15, -0.1) is 0 Å². The first-order valence-electron chi connectivity index (χ1n) is 8.40. The van der Waals surface area contributed by atoms with Crippen LogP contribution in [-0.2, 0) is 17.9 Å². The first-order chi connectivity index (χ1) is 12.6. The number of amides is 1. The van der Waals surface area contributed by atoms with Crippen LogP contribution in [0.4, 0.5) is 5.69 Å². The first-order valence-corrected chi connectivity index (χ1v) is 8.78. The molecule has 0 saturated heterocycles. The number of carbonyl (C=O) groups excluding carboxylic acids is 1. The molecule has 0 spiro atoms. The fourth-order valence-electron chi connectivity index (χ4n) is 3.03.